The van der Waals surface area contributed by atoms with E-state index in [0.29, 0.717) is 17.9 Å². The van der Waals surface area contributed by atoms with Crippen LogP contribution < -0.4 is 5.32 Å². The molecule has 0 spiro atoms. The average molecular weight is 258 g/mol. The number of benzene rings is 1. The number of hydrogen-bond donors (Lipinski definition) is 1. The SMILES string of the molecule is FC(F)(F)N1CCC[C@H](NCc2ccccc2)C1. The first-order valence-electron chi connectivity index (χ1n) is 6.15. The second-order valence-electron chi connectivity index (χ2n) is 4.62. The van der Waals surface area contributed by atoms with Crippen molar-refractivity contribution in [2.24, 2.45) is 0 Å². The highest BCUT2D eigenvalue weighted by Crippen LogP contribution is 2.25. The van der Waals surface area contributed by atoms with Crippen LogP contribution in [-0.2, 0) is 6.54 Å². The molecule has 100 valence electrons. The first kappa shape index (κ1) is 13.4. The van der Waals surface area contributed by atoms with Crippen molar-refractivity contribution in [3.63, 3.8) is 0 Å². The minimum atomic E-state index is -4.20. The molecule has 1 aromatic rings. The smallest absolute Gasteiger partial charge is 0.309 e. The average Bonchev–Trinajstić information content (AvgIpc) is 2.37. The normalized spacial score (nSPS) is 22.1. The molecular formula is C13H17F3N2. The van der Waals surface area contributed by atoms with Crippen LogP contribution in [0.4, 0.5) is 13.2 Å². The van der Waals surface area contributed by atoms with Crippen molar-refractivity contribution in [2.45, 2.75) is 31.7 Å². The van der Waals surface area contributed by atoms with Gasteiger partial charge in [0.25, 0.3) is 0 Å². The number of likely N-dealkylation sites (tertiary alicyclic amines) is 1. The van der Waals surface area contributed by atoms with E-state index in [9.17, 15) is 13.2 Å². The maximum absolute atomic E-state index is 12.6. The molecule has 0 aromatic heterocycles. The van der Waals surface area contributed by atoms with Crippen molar-refractivity contribution in [3.8, 4) is 0 Å². The fourth-order valence-electron chi connectivity index (χ4n) is 2.23. The molecule has 5 heteroatoms. The number of alkyl halides is 3. The van der Waals surface area contributed by atoms with Crippen LogP contribution in [0.25, 0.3) is 0 Å². The van der Waals surface area contributed by atoms with Crippen LogP contribution in [0, 0.1) is 0 Å². The van der Waals surface area contributed by atoms with Gasteiger partial charge in [-0.3, -0.25) is 0 Å². The summed E-state index contributed by atoms with van der Waals surface area (Å²) >= 11 is 0. The van der Waals surface area contributed by atoms with Gasteiger partial charge in [0, 0.05) is 25.7 Å². The molecule has 1 aliphatic heterocycles. The van der Waals surface area contributed by atoms with Crippen LogP contribution in [0.3, 0.4) is 0 Å². The molecule has 1 N–H and O–H groups in total. The summed E-state index contributed by atoms with van der Waals surface area (Å²) in [5, 5.41) is 3.20. The van der Waals surface area contributed by atoms with Crippen molar-refractivity contribution in [2.75, 3.05) is 13.1 Å². The van der Waals surface area contributed by atoms with E-state index in [4.69, 9.17) is 0 Å². The van der Waals surface area contributed by atoms with E-state index < -0.39 is 6.30 Å². The van der Waals surface area contributed by atoms with Crippen LogP contribution in [0.2, 0.25) is 0 Å². The Morgan fingerprint density at radius 1 is 1.22 bits per heavy atom. The molecule has 0 radical (unpaired) electrons. The lowest BCUT2D eigenvalue weighted by Crippen LogP contribution is -2.50. The summed E-state index contributed by atoms with van der Waals surface area (Å²) in [5.74, 6) is 0. The summed E-state index contributed by atoms with van der Waals surface area (Å²) in [6.45, 7) is 0.792. The van der Waals surface area contributed by atoms with Crippen molar-refractivity contribution in [3.05, 3.63) is 35.9 Å². The first-order valence-corrected chi connectivity index (χ1v) is 6.15. The Kier molecular flexibility index (Phi) is 4.24. The Labute approximate surface area is 105 Å². The Bertz CT molecular complexity index is 364. The summed E-state index contributed by atoms with van der Waals surface area (Å²) in [6, 6.07) is 9.64. The zero-order valence-corrected chi connectivity index (χ0v) is 10.1. The van der Waals surface area contributed by atoms with Crippen LogP contribution in [-0.4, -0.2) is 30.3 Å². The van der Waals surface area contributed by atoms with Gasteiger partial charge < -0.3 is 5.32 Å². The third-order valence-corrected chi connectivity index (χ3v) is 3.22. The third kappa shape index (κ3) is 3.71. The lowest BCUT2D eigenvalue weighted by Gasteiger charge is -2.34. The van der Waals surface area contributed by atoms with Crippen LogP contribution >= 0.6 is 0 Å². The second-order valence-corrected chi connectivity index (χ2v) is 4.62. The number of rotatable bonds is 3. The predicted octanol–water partition coefficient (Wildman–Crippen LogP) is 2.76. The molecule has 1 aliphatic rings. The highest BCUT2D eigenvalue weighted by molar-refractivity contribution is 5.14. The molecule has 0 amide bonds. The molecular weight excluding hydrogens is 241 g/mol. The van der Waals surface area contributed by atoms with E-state index in [1.807, 2.05) is 30.3 Å². The number of hydrogen-bond acceptors (Lipinski definition) is 2. The number of nitrogens with one attached hydrogen (secondary N) is 1. The van der Waals surface area contributed by atoms with Crippen LogP contribution in [0.1, 0.15) is 18.4 Å². The van der Waals surface area contributed by atoms with E-state index >= 15 is 0 Å². The monoisotopic (exact) mass is 258 g/mol. The Hall–Kier alpha value is -1.07. The van der Waals surface area contributed by atoms with Gasteiger partial charge in [-0.15, -0.1) is 0 Å². The van der Waals surface area contributed by atoms with E-state index in [0.717, 1.165) is 12.0 Å². The maximum atomic E-state index is 12.6. The fraction of sp³-hybridized carbons (Fsp3) is 0.538. The van der Waals surface area contributed by atoms with Crippen LogP contribution in [0.5, 0.6) is 0 Å². The quantitative estimate of drug-likeness (QED) is 0.839. The number of piperidine rings is 1. The van der Waals surface area contributed by atoms with Crippen molar-refractivity contribution >= 4 is 0 Å². The topological polar surface area (TPSA) is 15.3 Å². The molecule has 0 bridgehead atoms. The van der Waals surface area contributed by atoms with Crippen molar-refractivity contribution in [1.82, 2.24) is 10.2 Å². The Morgan fingerprint density at radius 3 is 2.61 bits per heavy atom. The minimum absolute atomic E-state index is 0.0519. The zero-order chi connectivity index (χ0) is 13.0. The standard InChI is InChI=1S/C13H17F3N2/c14-13(15,16)18-8-4-7-12(10-18)17-9-11-5-2-1-3-6-11/h1-3,5-6,12,17H,4,7-10H2/t12-/m0/s1. The lowest BCUT2D eigenvalue weighted by molar-refractivity contribution is -0.251. The Morgan fingerprint density at radius 2 is 1.94 bits per heavy atom. The summed E-state index contributed by atoms with van der Waals surface area (Å²) in [7, 11) is 0. The molecule has 2 rings (SSSR count). The molecule has 1 saturated heterocycles. The Balaban J connectivity index is 1.83. The summed E-state index contributed by atoms with van der Waals surface area (Å²) in [5.41, 5.74) is 1.10. The summed E-state index contributed by atoms with van der Waals surface area (Å²) in [6.07, 6.45) is -2.81. The predicted molar refractivity (Wildman–Crippen MR) is 63.9 cm³/mol. The first-order chi connectivity index (χ1) is 8.55. The molecule has 1 fully saturated rings. The van der Waals surface area contributed by atoms with E-state index in [1.165, 1.54) is 0 Å². The van der Waals surface area contributed by atoms with Gasteiger partial charge in [-0.1, -0.05) is 30.3 Å². The molecule has 2 nitrogen and oxygen atoms in total. The van der Waals surface area contributed by atoms with Gasteiger partial charge in [0.15, 0.2) is 0 Å². The zero-order valence-electron chi connectivity index (χ0n) is 10.1. The summed E-state index contributed by atoms with van der Waals surface area (Å²) < 4.78 is 37.7. The van der Waals surface area contributed by atoms with Gasteiger partial charge in [-0.2, -0.15) is 13.2 Å². The van der Waals surface area contributed by atoms with Gasteiger partial charge in [0.1, 0.15) is 0 Å². The maximum Gasteiger partial charge on any atom is 0.459 e. The molecule has 1 aromatic carbocycles. The lowest BCUT2D eigenvalue weighted by atomic mass is 10.1. The van der Waals surface area contributed by atoms with Crippen molar-refractivity contribution in [1.29, 1.82) is 0 Å². The van der Waals surface area contributed by atoms with E-state index in [-0.39, 0.29) is 19.1 Å². The van der Waals surface area contributed by atoms with E-state index in [1.54, 1.807) is 0 Å². The number of nitrogens with zero attached hydrogens (tertiary/aromatic N) is 1. The largest absolute Gasteiger partial charge is 0.459 e. The fourth-order valence-corrected chi connectivity index (χ4v) is 2.23. The third-order valence-electron chi connectivity index (χ3n) is 3.22. The highest BCUT2D eigenvalue weighted by Gasteiger charge is 2.39. The highest BCUT2D eigenvalue weighted by atomic mass is 19.4. The molecule has 0 aliphatic carbocycles. The minimum Gasteiger partial charge on any atom is -0.309 e. The van der Waals surface area contributed by atoms with Crippen LogP contribution in [0.15, 0.2) is 30.3 Å². The van der Waals surface area contributed by atoms with Gasteiger partial charge in [-0.25, -0.2) is 4.90 Å². The molecule has 1 heterocycles. The second kappa shape index (κ2) is 5.71. The molecule has 0 unspecified atom stereocenters. The van der Waals surface area contributed by atoms with Gasteiger partial charge in [0.2, 0.25) is 0 Å². The molecule has 18 heavy (non-hydrogen) atoms. The van der Waals surface area contributed by atoms with Gasteiger partial charge in [-0.05, 0) is 18.4 Å². The van der Waals surface area contributed by atoms with Crippen molar-refractivity contribution < 1.29 is 13.2 Å². The van der Waals surface area contributed by atoms with Gasteiger partial charge in [0.05, 0.1) is 0 Å². The number of halogens is 3. The van der Waals surface area contributed by atoms with Gasteiger partial charge >= 0.3 is 6.30 Å². The summed E-state index contributed by atoms with van der Waals surface area (Å²) in [4.78, 5) is 0.596. The molecule has 1 atom stereocenters. The van der Waals surface area contributed by atoms with E-state index in [2.05, 4.69) is 5.32 Å². The molecule has 0 saturated carbocycles.